The Balaban J connectivity index is 1.31. The Morgan fingerprint density at radius 1 is 1.06 bits per heavy atom. The van der Waals surface area contributed by atoms with Crippen molar-refractivity contribution in [2.75, 3.05) is 6.61 Å². The Kier molecular flexibility index (Phi) is 7.04. The van der Waals surface area contributed by atoms with E-state index in [0.29, 0.717) is 17.9 Å². The minimum absolute atomic E-state index is 0.0545. The zero-order valence-electron chi connectivity index (χ0n) is 18.0. The van der Waals surface area contributed by atoms with E-state index >= 15 is 0 Å². The van der Waals surface area contributed by atoms with Gasteiger partial charge in [0, 0.05) is 29.7 Å². The van der Waals surface area contributed by atoms with Crippen LogP contribution in [-0.2, 0) is 6.42 Å². The van der Waals surface area contributed by atoms with E-state index in [1.165, 1.54) is 23.9 Å². The first-order valence-corrected chi connectivity index (χ1v) is 10.5. The van der Waals surface area contributed by atoms with Gasteiger partial charge in [-0.2, -0.15) is 10.2 Å². The van der Waals surface area contributed by atoms with E-state index in [-0.39, 0.29) is 11.4 Å². The van der Waals surface area contributed by atoms with Gasteiger partial charge in [0.1, 0.15) is 11.4 Å². The molecule has 4 aromatic rings. The molecule has 0 saturated carbocycles. The van der Waals surface area contributed by atoms with Gasteiger partial charge in [-0.3, -0.25) is 20.0 Å². The van der Waals surface area contributed by atoms with Crippen LogP contribution < -0.4 is 10.2 Å². The normalized spacial score (nSPS) is 10.8. The molecule has 1 heterocycles. The molecule has 9 heteroatoms. The first kappa shape index (κ1) is 22.4. The number of carbonyl (C=O) groups excluding carboxylic acids is 1. The quantitative estimate of drug-likeness (QED) is 0.220. The van der Waals surface area contributed by atoms with Crippen LogP contribution in [0.25, 0.3) is 11.3 Å². The molecule has 0 aliphatic heterocycles. The van der Waals surface area contributed by atoms with E-state index < -0.39 is 10.8 Å². The van der Waals surface area contributed by atoms with Crippen molar-refractivity contribution in [3.05, 3.63) is 112 Å². The van der Waals surface area contributed by atoms with Crippen LogP contribution in [-0.4, -0.2) is 33.8 Å². The Morgan fingerprint density at radius 2 is 1.85 bits per heavy atom. The fourth-order valence-corrected chi connectivity index (χ4v) is 3.18. The van der Waals surface area contributed by atoms with E-state index in [1.54, 1.807) is 18.2 Å². The van der Waals surface area contributed by atoms with E-state index in [1.807, 2.05) is 42.5 Å². The number of hydrogen-bond acceptors (Lipinski definition) is 6. The van der Waals surface area contributed by atoms with Crippen LogP contribution in [0.15, 0.2) is 90.0 Å². The molecule has 170 valence electrons. The third-order valence-corrected chi connectivity index (χ3v) is 4.94. The van der Waals surface area contributed by atoms with Gasteiger partial charge in [0.2, 0.25) is 0 Å². The molecule has 0 spiro atoms. The second-order valence-corrected chi connectivity index (χ2v) is 7.33. The number of carbonyl (C=O) groups is 1. The highest BCUT2D eigenvalue weighted by atomic mass is 16.6. The number of non-ortho nitro benzene ring substituents is 1. The van der Waals surface area contributed by atoms with Crippen LogP contribution in [0.1, 0.15) is 21.6 Å². The molecular weight excluding hydrogens is 434 g/mol. The van der Waals surface area contributed by atoms with E-state index in [2.05, 4.69) is 32.9 Å². The second kappa shape index (κ2) is 10.7. The minimum atomic E-state index is -0.495. The number of nitrogens with zero attached hydrogens (tertiary/aromatic N) is 3. The number of nitrogens with one attached hydrogen (secondary N) is 2. The van der Waals surface area contributed by atoms with Crippen LogP contribution in [0.2, 0.25) is 0 Å². The lowest BCUT2D eigenvalue weighted by atomic mass is 10.1. The van der Waals surface area contributed by atoms with Crippen molar-refractivity contribution in [2.24, 2.45) is 5.10 Å². The van der Waals surface area contributed by atoms with Gasteiger partial charge in [-0.05, 0) is 35.9 Å². The Bertz CT molecular complexity index is 1300. The summed E-state index contributed by atoms with van der Waals surface area (Å²) >= 11 is 0. The summed E-state index contributed by atoms with van der Waals surface area (Å²) in [6.45, 7) is 0.576. The van der Waals surface area contributed by atoms with Gasteiger partial charge in [0.05, 0.1) is 23.4 Å². The highest BCUT2D eigenvalue weighted by Gasteiger charge is 2.11. The number of nitro benzene ring substituents is 1. The molecule has 1 aromatic heterocycles. The summed E-state index contributed by atoms with van der Waals surface area (Å²) < 4.78 is 5.80. The topological polar surface area (TPSA) is 123 Å². The molecule has 3 aromatic carbocycles. The molecule has 0 aliphatic carbocycles. The fraction of sp³-hybridized carbons (Fsp3) is 0.0800. The molecule has 0 aliphatic rings. The summed E-state index contributed by atoms with van der Waals surface area (Å²) in [7, 11) is 0. The third-order valence-electron chi connectivity index (χ3n) is 4.94. The second-order valence-electron chi connectivity index (χ2n) is 7.33. The molecule has 4 rings (SSSR count). The lowest BCUT2D eigenvalue weighted by molar-refractivity contribution is -0.384. The summed E-state index contributed by atoms with van der Waals surface area (Å²) in [6.07, 6.45) is 2.16. The summed E-state index contributed by atoms with van der Waals surface area (Å²) in [5, 5.41) is 21.6. The summed E-state index contributed by atoms with van der Waals surface area (Å²) in [5.41, 5.74) is 5.69. The van der Waals surface area contributed by atoms with Crippen molar-refractivity contribution >= 4 is 17.8 Å². The fourth-order valence-electron chi connectivity index (χ4n) is 3.18. The van der Waals surface area contributed by atoms with E-state index in [4.69, 9.17) is 4.74 Å². The molecule has 9 nitrogen and oxygen atoms in total. The molecule has 1 amide bonds. The predicted octanol–water partition coefficient (Wildman–Crippen LogP) is 4.37. The molecular formula is C25H21N5O4. The maximum Gasteiger partial charge on any atom is 0.289 e. The number of nitro groups is 1. The molecule has 0 saturated heterocycles. The summed E-state index contributed by atoms with van der Waals surface area (Å²) in [4.78, 5) is 22.7. The van der Waals surface area contributed by atoms with Crippen molar-refractivity contribution in [3.63, 3.8) is 0 Å². The van der Waals surface area contributed by atoms with Crippen LogP contribution >= 0.6 is 0 Å². The van der Waals surface area contributed by atoms with Gasteiger partial charge in [-0.25, -0.2) is 5.43 Å². The van der Waals surface area contributed by atoms with Crippen molar-refractivity contribution in [3.8, 4) is 17.0 Å². The standard InChI is InChI=1S/C25H21N5O4/c31-25(29-26-17-19-7-4-8-21(15-19)30(32)33)24-16-23(27-28-24)20-9-11-22(12-10-20)34-14-13-18-5-2-1-3-6-18/h1-12,15-17H,13-14H2,(H,27,28)(H,29,31). The molecule has 2 N–H and O–H groups in total. The maximum absolute atomic E-state index is 12.3. The number of hydrogen-bond donors (Lipinski definition) is 2. The summed E-state index contributed by atoms with van der Waals surface area (Å²) in [5.74, 6) is 0.268. The zero-order valence-corrected chi connectivity index (χ0v) is 18.0. The average Bonchev–Trinajstić information content (AvgIpc) is 3.36. The molecule has 0 unspecified atom stereocenters. The van der Waals surface area contributed by atoms with Crippen molar-refractivity contribution in [2.45, 2.75) is 6.42 Å². The van der Waals surface area contributed by atoms with Gasteiger partial charge >= 0.3 is 0 Å². The zero-order chi connectivity index (χ0) is 23.8. The van der Waals surface area contributed by atoms with Gasteiger partial charge in [-0.15, -0.1) is 0 Å². The smallest absolute Gasteiger partial charge is 0.289 e. The van der Waals surface area contributed by atoms with Crippen molar-refractivity contribution in [1.82, 2.24) is 15.6 Å². The molecule has 34 heavy (non-hydrogen) atoms. The Morgan fingerprint density at radius 3 is 2.62 bits per heavy atom. The van der Waals surface area contributed by atoms with Crippen LogP contribution in [0, 0.1) is 10.1 Å². The number of amides is 1. The SMILES string of the molecule is O=C(NN=Cc1cccc([N+](=O)[O-])c1)c1cc(-c2ccc(OCCc3ccccc3)cc2)n[nH]1. The number of aromatic nitrogens is 2. The maximum atomic E-state index is 12.3. The van der Waals surface area contributed by atoms with Crippen LogP contribution in [0.5, 0.6) is 5.75 Å². The Labute approximate surface area is 195 Å². The molecule has 0 radical (unpaired) electrons. The minimum Gasteiger partial charge on any atom is -0.493 e. The lowest BCUT2D eigenvalue weighted by Crippen LogP contribution is -2.18. The van der Waals surface area contributed by atoms with E-state index in [9.17, 15) is 14.9 Å². The highest BCUT2D eigenvalue weighted by Crippen LogP contribution is 2.21. The van der Waals surface area contributed by atoms with Crippen LogP contribution in [0.3, 0.4) is 0 Å². The largest absolute Gasteiger partial charge is 0.493 e. The number of hydrazone groups is 1. The van der Waals surface area contributed by atoms with Gasteiger partial charge in [-0.1, -0.05) is 42.5 Å². The van der Waals surface area contributed by atoms with Crippen molar-refractivity contribution in [1.29, 1.82) is 0 Å². The third kappa shape index (κ3) is 5.92. The first-order chi connectivity index (χ1) is 16.6. The number of ether oxygens (including phenoxy) is 1. The number of aromatic amines is 1. The summed E-state index contributed by atoms with van der Waals surface area (Å²) in [6, 6.07) is 25.1. The highest BCUT2D eigenvalue weighted by molar-refractivity contribution is 5.94. The molecule has 0 bridgehead atoms. The van der Waals surface area contributed by atoms with E-state index in [0.717, 1.165) is 17.7 Å². The number of benzene rings is 3. The monoisotopic (exact) mass is 455 g/mol. The number of rotatable bonds is 9. The van der Waals surface area contributed by atoms with Gasteiger partial charge < -0.3 is 4.74 Å². The molecule has 0 fully saturated rings. The lowest BCUT2D eigenvalue weighted by Gasteiger charge is -2.06. The molecule has 0 atom stereocenters. The van der Waals surface area contributed by atoms with Crippen molar-refractivity contribution < 1.29 is 14.5 Å². The number of H-pyrrole nitrogens is 1. The average molecular weight is 455 g/mol. The predicted molar refractivity (Wildman–Crippen MR) is 128 cm³/mol. The Hall–Kier alpha value is -4.79. The first-order valence-electron chi connectivity index (χ1n) is 10.5. The van der Waals surface area contributed by atoms with Gasteiger partial charge in [0.15, 0.2) is 0 Å². The van der Waals surface area contributed by atoms with Crippen LogP contribution in [0.4, 0.5) is 5.69 Å². The van der Waals surface area contributed by atoms with Gasteiger partial charge in [0.25, 0.3) is 11.6 Å².